The molecular formula is C21H20N2O4. The van der Waals surface area contributed by atoms with E-state index in [-0.39, 0.29) is 18.2 Å². The molecule has 1 fully saturated rings. The Bertz CT molecular complexity index is 953. The van der Waals surface area contributed by atoms with Crippen molar-refractivity contribution in [1.29, 1.82) is 0 Å². The standard InChI is InChI=1S/C21H20N2O4/c1-12-7-8-16(13(2)11-12)22-19(25)17-9-10-18(24)23(17)20-14-5-3-4-6-15(14)21(26)27-20/h3-8,11,17,20H,9-10H2,1-2H3,(H,22,25)/t17-,20-/m1/s1. The van der Waals surface area contributed by atoms with Gasteiger partial charge < -0.3 is 10.1 Å². The van der Waals surface area contributed by atoms with Crippen LogP contribution < -0.4 is 5.32 Å². The number of hydrogen-bond acceptors (Lipinski definition) is 4. The summed E-state index contributed by atoms with van der Waals surface area (Å²) in [6.45, 7) is 3.91. The maximum absolute atomic E-state index is 12.9. The molecule has 6 heteroatoms. The number of carbonyl (C=O) groups excluding carboxylic acids is 3. The number of nitrogens with zero attached hydrogens (tertiary/aromatic N) is 1. The van der Waals surface area contributed by atoms with Gasteiger partial charge in [-0.25, -0.2) is 4.79 Å². The lowest BCUT2D eigenvalue weighted by atomic mass is 10.1. The largest absolute Gasteiger partial charge is 0.433 e. The number of amides is 2. The van der Waals surface area contributed by atoms with Crippen molar-refractivity contribution in [2.45, 2.75) is 39.0 Å². The predicted molar refractivity (Wildman–Crippen MR) is 99.0 cm³/mol. The number of aryl methyl sites for hydroxylation is 2. The zero-order valence-corrected chi connectivity index (χ0v) is 15.2. The van der Waals surface area contributed by atoms with E-state index in [9.17, 15) is 14.4 Å². The van der Waals surface area contributed by atoms with Crippen molar-refractivity contribution >= 4 is 23.5 Å². The molecule has 138 valence electrons. The van der Waals surface area contributed by atoms with Crippen molar-refractivity contribution in [1.82, 2.24) is 4.90 Å². The second-order valence-corrected chi connectivity index (χ2v) is 7.01. The zero-order valence-electron chi connectivity index (χ0n) is 15.2. The molecule has 1 N–H and O–H groups in total. The Kier molecular flexibility index (Phi) is 4.18. The molecule has 0 aliphatic carbocycles. The van der Waals surface area contributed by atoms with Crippen molar-refractivity contribution in [3.8, 4) is 0 Å². The molecule has 2 aliphatic heterocycles. The van der Waals surface area contributed by atoms with Crippen LogP contribution in [0, 0.1) is 13.8 Å². The highest BCUT2D eigenvalue weighted by Gasteiger charge is 2.46. The minimum absolute atomic E-state index is 0.190. The molecule has 0 aromatic heterocycles. The molecule has 2 amide bonds. The number of ether oxygens (including phenoxy) is 1. The maximum Gasteiger partial charge on any atom is 0.340 e. The van der Waals surface area contributed by atoms with E-state index in [4.69, 9.17) is 4.74 Å². The summed E-state index contributed by atoms with van der Waals surface area (Å²) in [6.07, 6.45) is -0.203. The topological polar surface area (TPSA) is 75.7 Å². The lowest BCUT2D eigenvalue weighted by Gasteiger charge is -2.29. The Hall–Kier alpha value is -3.15. The van der Waals surface area contributed by atoms with E-state index in [2.05, 4.69) is 5.32 Å². The Morgan fingerprint density at radius 3 is 2.70 bits per heavy atom. The minimum Gasteiger partial charge on any atom is -0.433 e. The second-order valence-electron chi connectivity index (χ2n) is 7.01. The third-order valence-corrected chi connectivity index (χ3v) is 5.12. The van der Waals surface area contributed by atoms with E-state index in [1.54, 1.807) is 24.3 Å². The normalized spacial score (nSPS) is 21.2. The molecule has 0 unspecified atom stereocenters. The molecule has 0 radical (unpaired) electrons. The molecule has 6 nitrogen and oxygen atoms in total. The maximum atomic E-state index is 12.9. The number of hydrogen-bond donors (Lipinski definition) is 1. The van der Waals surface area contributed by atoms with Crippen molar-refractivity contribution in [3.05, 3.63) is 64.7 Å². The third-order valence-electron chi connectivity index (χ3n) is 5.12. The Morgan fingerprint density at radius 1 is 1.15 bits per heavy atom. The van der Waals surface area contributed by atoms with Gasteiger partial charge in [0.05, 0.1) is 5.56 Å². The molecular weight excluding hydrogens is 344 g/mol. The zero-order chi connectivity index (χ0) is 19.1. The van der Waals surface area contributed by atoms with Gasteiger partial charge in [-0.3, -0.25) is 14.5 Å². The van der Waals surface area contributed by atoms with Crippen LogP contribution in [-0.2, 0) is 14.3 Å². The monoisotopic (exact) mass is 364 g/mol. The summed E-state index contributed by atoms with van der Waals surface area (Å²) >= 11 is 0. The number of nitrogens with one attached hydrogen (secondary N) is 1. The van der Waals surface area contributed by atoms with Gasteiger partial charge in [0.25, 0.3) is 0 Å². The van der Waals surface area contributed by atoms with Gasteiger partial charge >= 0.3 is 5.97 Å². The van der Waals surface area contributed by atoms with E-state index in [0.717, 1.165) is 11.1 Å². The number of anilines is 1. The Morgan fingerprint density at radius 2 is 1.93 bits per heavy atom. The van der Waals surface area contributed by atoms with Gasteiger partial charge in [-0.1, -0.05) is 35.9 Å². The van der Waals surface area contributed by atoms with E-state index in [0.29, 0.717) is 23.2 Å². The highest BCUT2D eigenvalue weighted by molar-refractivity contribution is 6.00. The van der Waals surface area contributed by atoms with Gasteiger partial charge in [0.1, 0.15) is 6.04 Å². The lowest BCUT2D eigenvalue weighted by molar-refractivity contribution is -0.144. The predicted octanol–water partition coefficient (Wildman–Crippen LogP) is 3.10. The number of benzene rings is 2. The smallest absolute Gasteiger partial charge is 0.340 e. The van der Waals surface area contributed by atoms with E-state index in [1.807, 2.05) is 32.0 Å². The number of rotatable bonds is 3. The van der Waals surface area contributed by atoms with Crippen LogP contribution in [0.15, 0.2) is 42.5 Å². The molecule has 27 heavy (non-hydrogen) atoms. The van der Waals surface area contributed by atoms with Crippen LogP contribution in [-0.4, -0.2) is 28.7 Å². The fraction of sp³-hybridized carbons (Fsp3) is 0.286. The quantitative estimate of drug-likeness (QED) is 0.849. The number of cyclic esters (lactones) is 1. The van der Waals surface area contributed by atoms with Gasteiger partial charge in [0.2, 0.25) is 18.0 Å². The minimum atomic E-state index is -0.849. The number of esters is 1. The van der Waals surface area contributed by atoms with Gasteiger partial charge in [-0.15, -0.1) is 0 Å². The molecule has 4 rings (SSSR count). The summed E-state index contributed by atoms with van der Waals surface area (Å²) < 4.78 is 5.44. The molecule has 0 spiro atoms. The fourth-order valence-corrected chi connectivity index (χ4v) is 3.76. The van der Waals surface area contributed by atoms with Crippen LogP contribution in [0.1, 0.15) is 46.1 Å². The van der Waals surface area contributed by atoms with Crippen LogP contribution in [0.5, 0.6) is 0 Å². The SMILES string of the molecule is Cc1ccc(NC(=O)[C@H]2CCC(=O)N2[C@@H]2OC(=O)c3ccccc32)c(C)c1. The molecule has 0 bridgehead atoms. The molecule has 0 saturated carbocycles. The van der Waals surface area contributed by atoms with Crippen molar-refractivity contribution in [2.24, 2.45) is 0 Å². The molecule has 1 saturated heterocycles. The average Bonchev–Trinajstić information content (AvgIpc) is 3.18. The van der Waals surface area contributed by atoms with Crippen LogP contribution >= 0.6 is 0 Å². The van der Waals surface area contributed by atoms with Crippen LogP contribution in [0.2, 0.25) is 0 Å². The van der Waals surface area contributed by atoms with Crippen LogP contribution in [0.4, 0.5) is 5.69 Å². The number of carbonyl (C=O) groups is 3. The van der Waals surface area contributed by atoms with E-state index in [1.165, 1.54) is 4.90 Å². The molecule has 2 aromatic rings. The van der Waals surface area contributed by atoms with Crippen LogP contribution in [0.3, 0.4) is 0 Å². The first-order valence-electron chi connectivity index (χ1n) is 8.95. The number of fused-ring (bicyclic) bond motifs is 1. The first-order valence-corrected chi connectivity index (χ1v) is 8.95. The van der Waals surface area contributed by atoms with Crippen molar-refractivity contribution in [3.63, 3.8) is 0 Å². The van der Waals surface area contributed by atoms with E-state index >= 15 is 0 Å². The highest BCUT2D eigenvalue weighted by Crippen LogP contribution is 2.38. The summed E-state index contributed by atoms with van der Waals surface area (Å²) in [4.78, 5) is 39.0. The van der Waals surface area contributed by atoms with Crippen LogP contribution in [0.25, 0.3) is 0 Å². The first-order chi connectivity index (χ1) is 13.0. The summed E-state index contributed by atoms with van der Waals surface area (Å²) in [5.41, 5.74) is 3.85. The van der Waals surface area contributed by atoms with Gasteiger partial charge in [0, 0.05) is 17.7 Å². The fourth-order valence-electron chi connectivity index (χ4n) is 3.76. The average molecular weight is 364 g/mol. The Labute approximate surface area is 157 Å². The summed E-state index contributed by atoms with van der Waals surface area (Å²) in [5.74, 6) is -0.928. The molecule has 2 aliphatic rings. The summed E-state index contributed by atoms with van der Waals surface area (Å²) in [7, 11) is 0. The Balaban J connectivity index is 1.60. The first kappa shape index (κ1) is 17.3. The highest BCUT2D eigenvalue weighted by atomic mass is 16.6. The van der Waals surface area contributed by atoms with E-state index < -0.39 is 18.2 Å². The van der Waals surface area contributed by atoms with Crippen molar-refractivity contribution < 1.29 is 19.1 Å². The third kappa shape index (κ3) is 2.97. The second kappa shape index (κ2) is 6.54. The molecule has 2 atom stereocenters. The lowest BCUT2D eigenvalue weighted by Crippen LogP contribution is -2.44. The van der Waals surface area contributed by atoms with Gasteiger partial charge in [-0.2, -0.15) is 0 Å². The summed E-state index contributed by atoms with van der Waals surface area (Å²) in [5, 5.41) is 2.92. The molecule has 2 aromatic carbocycles. The summed E-state index contributed by atoms with van der Waals surface area (Å²) in [6, 6.07) is 12.1. The molecule has 2 heterocycles. The van der Waals surface area contributed by atoms with Crippen molar-refractivity contribution in [2.75, 3.05) is 5.32 Å². The van der Waals surface area contributed by atoms with Gasteiger partial charge in [0.15, 0.2) is 0 Å². The number of likely N-dealkylation sites (tertiary alicyclic amines) is 1. The van der Waals surface area contributed by atoms with Gasteiger partial charge in [-0.05, 0) is 38.0 Å².